The third kappa shape index (κ3) is 6.02. The molecule has 0 spiro atoms. The highest BCUT2D eigenvalue weighted by Gasteiger charge is 2.65. The Kier molecular flexibility index (Phi) is 5.60. The van der Waals surface area contributed by atoms with E-state index in [1.165, 1.54) is 4.90 Å². The standard InChI is InChI=1S/C19H23F6N3O2S/c1-19(2,3)13(9-16(29)15-10-17(30)27-18(26-15)28(4)5)12-7-6-11(8-14(12)20)31(21,22,23,24)25/h6-8,10,13H,9H2,1-5H3,(H,26,27,30). The minimum Gasteiger partial charge on any atom is -0.348 e. The molecule has 1 atom stereocenters. The van der Waals surface area contributed by atoms with Gasteiger partial charge in [-0.2, -0.15) is 0 Å². The topological polar surface area (TPSA) is 66.1 Å². The van der Waals surface area contributed by atoms with Gasteiger partial charge in [-0.25, -0.2) is 9.37 Å². The van der Waals surface area contributed by atoms with Crippen molar-refractivity contribution in [3.63, 3.8) is 0 Å². The largest absolute Gasteiger partial charge is 0.348 e. The van der Waals surface area contributed by atoms with Crippen LogP contribution in [0, 0.1) is 11.2 Å². The molecule has 0 saturated carbocycles. The zero-order chi connectivity index (χ0) is 24.1. The van der Waals surface area contributed by atoms with Crippen molar-refractivity contribution in [1.29, 1.82) is 0 Å². The van der Waals surface area contributed by atoms with Crippen molar-refractivity contribution in [2.45, 2.75) is 38.0 Å². The number of hydrogen-bond acceptors (Lipinski definition) is 4. The number of aromatic amines is 1. The van der Waals surface area contributed by atoms with Gasteiger partial charge in [-0.1, -0.05) is 46.3 Å². The summed E-state index contributed by atoms with van der Waals surface area (Å²) in [4.78, 5) is 30.2. The first-order valence-corrected chi connectivity index (χ1v) is 11.0. The Balaban J connectivity index is 2.50. The van der Waals surface area contributed by atoms with E-state index in [2.05, 4.69) is 9.97 Å². The molecule has 0 radical (unpaired) electrons. The van der Waals surface area contributed by atoms with E-state index in [4.69, 9.17) is 0 Å². The van der Waals surface area contributed by atoms with Crippen LogP contribution in [-0.4, -0.2) is 29.8 Å². The predicted molar refractivity (Wildman–Crippen MR) is 108 cm³/mol. The Morgan fingerprint density at radius 3 is 2.16 bits per heavy atom. The number of aromatic nitrogens is 2. The molecule has 0 bridgehead atoms. The second-order valence-corrected chi connectivity index (χ2v) is 11.0. The number of halogens is 6. The summed E-state index contributed by atoms with van der Waals surface area (Å²) in [5, 5.41) is 0. The van der Waals surface area contributed by atoms with Gasteiger partial charge in [0.05, 0.1) is 0 Å². The molecule has 2 rings (SSSR count). The lowest BCUT2D eigenvalue weighted by Gasteiger charge is -2.41. The van der Waals surface area contributed by atoms with Gasteiger partial charge in [-0.15, -0.1) is 0 Å². The lowest BCUT2D eigenvalue weighted by atomic mass is 9.73. The summed E-state index contributed by atoms with van der Waals surface area (Å²) in [5.74, 6) is -3.01. The van der Waals surface area contributed by atoms with Gasteiger partial charge in [0.2, 0.25) is 5.95 Å². The van der Waals surface area contributed by atoms with E-state index in [1.807, 2.05) is 0 Å². The average molecular weight is 471 g/mol. The monoisotopic (exact) mass is 471 g/mol. The van der Waals surface area contributed by atoms with Crippen molar-refractivity contribution in [3.8, 4) is 0 Å². The Hall–Kier alpha value is -2.50. The summed E-state index contributed by atoms with van der Waals surface area (Å²) in [6.45, 7) is 4.87. The van der Waals surface area contributed by atoms with E-state index in [0.29, 0.717) is 6.07 Å². The SMILES string of the molecule is CN(C)c1nc(C(=O)CC(c2ccc(S(F)(F)(F)(F)F)cc2F)C(C)(C)C)cc(=O)[nH]1. The normalized spacial score (nSPS) is 15.7. The molecule has 31 heavy (non-hydrogen) atoms. The van der Waals surface area contributed by atoms with Crippen molar-refractivity contribution >= 4 is 22.0 Å². The fourth-order valence-corrected chi connectivity index (χ4v) is 3.65. The third-order valence-corrected chi connectivity index (χ3v) is 5.81. The smallest absolute Gasteiger partial charge is 0.310 e. The number of nitrogens with one attached hydrogen (secondary N) is 1. The van der Waals surface area contributed by atoms with Gasteiger partial charge in [0, 0.05) is 26.6 Å². The first-order valence-electron chi connectivity index (χ1n) is 9.04. The fourth-order valence-electron chi connectivity index (χ4n) is 3.00. The number of nitrogens with zero attached hydrogens (tertiary/aromatic N) is 2. The minimum atomic E-state index is -10.1. The molecule has 0 amide bonds. The Morgan fingerprint density at radius 1 is 1.13 bits per heavy atom. The molecular weight excluding hydrogens is 448 g/mol. The van der Waals surface area contributed by atoms with Crippen molar-refractivity contribution in [3.05, 3.63) is 51.7 Å². The van der Waals surface area contributed by atoms with Crippen LogP contribution in [0.5, 0.6) is 0 Å². The fraction of sp³-hybridized carbons (Fsp3) is 0.421. The van der Waals surface area contributed by atoms with E-state index in [-0.39, 0.29) is 29.3 Å². The third-order valence-electron chi connectivity index (χ3n) is 4.67. The summed E-state index contributed by atoms with van der Waals surface area (Å²) in [5.41, 5.74) is -1.95. The highest BCUT2D eigenvalue weighted by Crippen LogP contribution is 3.02. The molecule has 0 fully saturated rings. The van der Waals surface area contributed by atoms with Crippen LogP contribution < -0.4 is 10.5 Å². The summed E-state index contributed by atoms with van der Waals surface area (Å²) in [6.07, 6.45) is -0.403. The van der Waals surface area contributed by atoms with Crippen LogP contribution in [0.3, 0.4) is 0 Å². The molecule has 174 valence electrons. The Bertz CT molecular complexity index is 1080. The van der Waals surface area contributed by atoms with E-state index >= 15 is 0 Å². The maximum atomic E-state index is 14.6. The van der Waals surface area contributed by atoms with Crippen molar-refractivity contribution in [1.82, 2.24) is 9.97 Å². The summed E-state index contributed by atoms with van der Waals surface area (Å²) in [7, 11) is -6.88. The quantitative estimate of drug-likeness (QED) is 0.412. The number of hydrogen-bond donors (Lipinski definition) is 1. The van der Waals surface area contributed by atoms with Crippen LogP contribution in [0.1, 0.15) is 49.2 Å². The maximum absolute atomic E-state index is 14.6. The first-order chi connectivity index (χ1) is 13.7. The molecule has 0 saturated heterocycles. The maximum Gasteiger partial charge on any atom is 0.310 e. The number of benzene rings is 1. The molecule has 5 nitrogen and oxygen atoms in total. The van der Waals surface area contributed by atoms with Crippen LogP contribution in [0.4, 0.5) is 29.8 Å². The number of H-pyrrole nitrogens is 1. The van der Waals surface area contributed by atoms with Crippen LogP contribution in [0.15, 0.2) is 34.0 Å². The number of rotatable bonds is 6. The summed E-state index contributed by atoms with van der Waals surface area (Å²) in [6, 6.07) is 1.47. The van der Waals surface area contributed by atoms with Gasteiger partial charge in [-0.3, -0.25) is 14.6 Å². The highest BCUT2D eigenvalue weighted by molar-refractivity contribution is 8.45. The molecule has 0 aliphatic heterocycles. The van der Waals surface area contributed by atoms with Gasteiger partial charge in [0.25, 0.3) is 5.56 Å². The van der Waals surface area contributed by atoms with Crippen LogP contribution in [-0.2, 0) is 0 Å². The van der Waals surface area contributed by atoms with E-state index in [9.17, 15) is 33.4 Å². The predicted octanol–water partition coefficient (Wildman–Crippen LogP) is 6.04. The average Bonchev–Trinajstić information content (AvgIpc) is 2.56. The molecule has 1 aromatic carbocycles. The Morgan fingerprint density at radius 2 is 1.71 bits per heavy atom. The first kappa shape index (κ1) is 24.8. The van der Waals surface area contributed by atoms with Crippen LogP contribution >= 0.6 is 10.2 Å². The molecule has 0 aliphatic rings. The van der Waals surface area contributed by atoms with E-state index in [0.717, 1.165) is 6.07 Å². The zero-order valence-electron chi connectivity index (χ0n) is 17.5. The lowest BCUT2D eigenvalue weighted by molar-refractivity contribution is 0.0945. The van der Waals surface area contributed by atoms with Gasteiger partial charge < -0.3 is 4.90 Å². The van der Waals surface area contributed by atoms with Crippen molar-refractivity contribution < 1.29 is 28.6 Å². The van der Waals surface area contributed by atoms with E-state index in [1.54, 1.807) is 34.9 Å². The van der Waals surface area contributed by atoms with Crippen molar-refractivity contribution in [2.24, 2.45) is 5.41 Å². The van der Waals surface area contributed by atoms with Gasteiger partial charge in [-0.05, 0) is 29.0 Å². The van der Waals surface area contributed by atoms with Gasteiger partial charge >= 0.3 is 10.2 Å². The summed E-state index contributed by atoms with van der Waals surface area (Å²) >= 11 is 0. The van der Waals surface area contributed by atoms with Crippen LogP contribution in [0.2, 0.25) is 0 Å². The highest BCUT2D eigenvalue weighted by atomic mass is 32.5. The van der Waals surface area contributed by atoms with E-state index < -0.39 is 50.0 Å². The number of carbonyl (C=O) groups is 1. The molecule has 1 heterocycles. The molecule has 1 unspecified atom stereocenters. The van der Waals surface area contributed by atoms with Crippen molar-refractivity contribution in [2.75, 3.05) is 19.0 Å². The molecule has 1 N–H and O–H groups in total. The van der Waals surface area contributed by atoms with Crippen LogP contribution in [0.25, 0.3) is 0 Å². The molecule has 2 aromatic rings. The zero-order valence-corrected chi connectivity index (χ0v) is 18.3. The van der Waals surface area contributed by atoms with Gasteiger partial charge in [0.1, 0.15) is 16.4 Å². The minimum absolute atomic E-state index is 0.106. The number of ketones is 1. The Labute approximate surface area is 175 Å². The van der Waals surface area contributed by atoms with Gasteiger partial charge in [0.15, 0.2) is 5.78 Å². The lowest BCUT2D eigenvalue weighted by Crippen LogP contribution is -2.25. The number of Topliss-reactive ketones (excluding diaryl/α,β-unsaturated/α-hetero) is 1. The second-order valence-electron chi connectivity index (χ2n) is 8.55. The molecule has 0 aliphatic carbocycles. The number of anilines is 1. The second kappa shape index (κ2) is 7.01. The molecule has 12 heteroatoms. The number of carbonyl (C=O) groups excluding carboxylic acids is 1. The molecule has 1 aromatic heterocycles. The summed E-state index contributed by atoms with van der Waals surface area (Å²) < 4.78 is 79.6. The molecular formula is C19H23F6N3O2S.